The number of amides is 1. The zero-order valence-corrected chi connectivity index (χ0v) is 12.1. The van der Waals surface area contributed by atoms with E-state index in [1.165, 1.54) is 17.4 Å². The number of anilines is 1. The summed E-state index contributed by atoms with van der Waals surface area (Å²) in [6, 6.07) is 8.40. The summed E-state index contributed by atoms with van der Waals surface area (Å²) in [6.07, 6.45) is 0. The van der Waals surface area contributed by atoms with E-state index < -0.39 is 0 Å². The molecule has 1 amide bonds. The van der Waals surface area contributed by atoms with Crippen LogP contribution in [0.4, 0.5) is 10.1 Å². The van der Waals surface area contributed by atoms with Gasteiger partial charge in [-0.15, -0.1) is 11.3 Å². The molecule has 0 aliphatic rings. The highest BCUT2D eigenvalue weighted by atomic mass is 32.1. The third-order valence-electron chi connectivity index (χ3n) is 3.05. The van der Waals surface area contributed by atoms with Gasteiger partial charge < -0.3 is 4.90 Å². The first-order valence-corrected chi connectivity index (χ1v) is 6.90. The highest BCUT2D eigenvalue weighted by molar-refractivity contribution is 7.14. The predicted octanol–water partition coefficient (Wildman–Crippen LogP) is 2.44. The summed E-state index contributed by atoms with van der Waals surface area (Å²) in [6.45, 7) is 2.46. The molecule has 0 saturated heterocycles. The van der Waals surface area contributed by atoms with Crippen molar-refractivity contribution in [1.82, 2.24) is 5.43 Å². The molecule has 0 fully saturated rings. The number of halogens is 1. The molecule has 0 aliphatic heterocycles. The number of benzene rings is 1. The molecule has 1 aromatic heterocycles. The van der Waals surface area contributed by atoms with Gasteiger partial charge in [0, 0.05) is 18.5 Å². The van der Waals surface area contributed by atoms with Gasteiger partial charge in [0.1, 0.15) is 5.82 Å². The number of nitrogens with two attached hydrogens (primary N) is 1. The molecule has 2 rings (SSSR count). The van der Waals surface area contributed by atoms with Crippen molar-refractivity contribution in [3.05, 3.63) is 51.5 Å². The SMILES string of the molecule is Cc1sc(C(=O)NN)cc1CN(C)c1ccccc1F. The number of hydrogen-bond donors (Lipinski definition) is 2. The highest BCUT2D eigenvalue weighted by Crippen LogP contribution is 2.25. The molecule has 0 bridgehead atoms. The Hall–Kier alpha value is -1.92. The van der Waals surface area contributed by atoms with E-state index in [2.05, 4.69) is 5.43 Å². The van der Waals surface area contributed by atoms with E-state index in [9.17, 15) is 9.18 Å². The lowest BCUT2D eigenvalue weighted by Gasteiger charge is -2.19. The van der Waals surface area contributed by atoms with Crippen molar-refractivity contribution in [2.24, 2.45) is 5.84 Å². The summed E-state index contributed by atoms with van der Waals surface area (Å²) in [5.41, 5.74) is 3.63. The number of aryl methyl sites for hydroxylation is 1. The topological polar surface area (TPSA) is 58.4 Å². The molecule has 2 aromatic rings. The van der Waals surface area contributed by atoms with E-state index in [1.54, 1.807) is 24.3 Å². The molecule has 0 radical (unpaired) electrons. The Labute approximate surface area is 121 Å². The fraction of sp³-hybridized carbons (Fsp3) is 0.214. The van der Waals surface area contributed by atoms with Gasteiger partial charge in [-0.05, 0) is 30.7 Å². The highest BCUT2D eigenvalue weighted by Gasteiger charge is 2.14. The number of thiophene rings is 1. The second-order valence-corrected chi connectivity index (χ2v) is 5.73. The van der Waals surface area contributed by atoms with Crippen molar-refractivity contribution in [2.75, 3.05) is 11.9 Å². The summed E-state index contributed by atoms with van der Waals surface area (Å²) < 4.78 is 13.7. The molecule has 1 aromatic carbocycles. The van der Waals surface area contributed by atoms with Crippen LogP contribution in [-0.2, 0) is 6.54 Å². The molecule has 0 atom stereocenters. The number of carbonyl (C=O) groups excluding carboxylic acids is 1. The Morgan fingerprint density at radius 1 is 1.45 bits per heavy atom. The maximum atomic E-state index is 13.7. The van der Waals surface area contributed by atoms with Gasteiger partial charge in [-0.1, -0.05) is 12.1 Å². The lowest BCUT2D eigenvalue weighted by Crippen LogP contribution is -2.29. The number of hydrazine groups is 1. The standard InChI is InChI=1S/C14H16FN3OS/c1-9-10(7-13(20-9)14(19)17-16)8-18(2)12-6-4-3-5-11(12)15/h3-7H,8,16H2,1-2H3,(H,17,19). The van der Waals surface area contributed by atoms with Crippen LogP contribution in [-0.4, -0.2) is 13.0 Å². The molecule has 0 spiro atoms. The Morgan fingerprint density at radius 3 is 2.80 bits per heavy atom. The molecule has 3 N–H and O–H groups in total. The molecule has 4 nitrogen and oxygen atoms in total. The number of rotatable bonds is 4. The smallest absolute Gasteiger partial charge is 0.275 e. The number of nitrogens with one attached hydrogen (secondary N) is 1. The third kappa shape index (κ3) is 2.97. The van der Waals surface area contributed by atoms with Crippen LogP contribution in [0.1, 0.15) is 20.1 Å². The normalized spacial score (nSPS) is 10.4. The Balaban J connectivity index is 2.20. The monoisotopic (exact) mass is 293 g/mol. The number of carbonyl (C=O) groups is 1. The van der Waals surface area contributed by atoms with Crippen molar-refractivity contribution in [3.63, 3.8) is 0 Å². The van der Waals surface area contributed by atoms with Gasteiger partial charge in [-0.25, -0.2) is 10.2 Å². The van der Waals surface area contributed by atoms with Gasteiger partial charge in [-0.3, -0.25) is 10.2 Å². The molecule has 106 valence electrons. The minimum absolute atomic E-state index is 0.261. The summed E-state index contributed by atoms with van der Waals surface area (Å²) in [5.74, 6) is 4.55. The number of para-hydroxylation sites is 1. The first-order chi connectivity index (χ1) is 9.52. The first kappa shape index (κ1) is 14.5. The average molecular weight is 293 g/mol. The van der Waals surface area contributed by atoms with E-state index in [0.717, 1.165) is 10.4 Å². The maximum absolute atomic E-state index is 13.7. The summed E-state index contributed by atoms with van der Waals surface area (Å²) in [5, 5.41) is 0. The van der Waals surface area contributed by atoms with Gasteiger partial charge in [-0.2, -0.15) is 0 Å². The van der Waals surface area contributed by atoms with Crippen LogP contribution in [0.3, 0.4) is 0 Å². The predicted molar refractivity (Wildman–Crippen MR) is 79.2 cm³/mol. The van der Waals surface area contributed by atoms with E-state index >= 15 is 0 Å². The number of nitrogen functional groups attached to an aromatic ring is 1. The van der Waals surface area contributed by atoms with Crippen LogP contribution in [0.5, 0.6) is 0 Å². The molecule has 0 saturated carbocycles. The van der Waals surface area contributed by atoms with Crippen LogP contribution >= 0.6 is 11.3 Å². The Bertz CT molecular complexity index is 627. The second kappa shape index (κ2) is 6.02. The van der Waals surface area contributed by atoms with Gasteiger partial charge in [0.2, 0.25) is 0 Å². The van der Waals surface area contributed by atoms with Gasteiger partial charge in [0.15, 0.2) is 0 Å². The zero-order chi connectivity index (χ0) is 14.7. The van der Waals surface area contributed by atoms with E-state index in [4.69, 9.17) is 5.84 Å². The van der Waals surface area contributed by atoms with Gasteiger partial charge in [0.05, 0.1) is 10.6 Å². The van der Waals surface area contributed by atoms with E-state index in [1.807, 2.05) is 18.9 Å². The summed E-state index contributed by atoms with van der Waals surface area (Å²) in [7, 11) is 1.82. The maximum Gasteiger partial charge on any atom is 0.275 e. The van der Waals surface area contributed by atoms with Crippen molar-refractivity contribution in [1.29, 1.82) is 0 Å². The van der Waals surface area contributed by atoms with Gasteiger partial charge >= 0.3 is 0 Å². The zero-order valence-electron chi connectivity index (χ0n) is 11.3. The minimum Gasteiger partial charge on any atom is -0.368 e. The number of hydrogen-bond acceptors (Lipinski definition) is 4. The van der Waals surface area contributed by atoms with Crippen LogP contribution in [0.25, 0.3) is 0 Å². The second-order valence-electron chi connectivity index (χ2n) is 4.47. The molecule has 6 heteroatoms. The van der Waals surface area contributed by atoms with Crippen molar-refractivity contribution in [2.45, 2.75) is 13.5 Å². The van der Waals surface area contributed by atoms with E-state index in [0.29, 0.717) is 17.1 Å². The minimum atomic E-state index is -0.308. The molecule has 0 aliphatic carbocycles. The molecule has 1 heterocycles. The lowest BCUT2D eigenvalue weighted by atomic mass is 10.2. The molecular formula is C14H16FN3OS. The molecule has 0 unspecified atom stereocenters. The molecule has 20 heavy (non-hydrogen) atoms. The van der Waals surface area contributed by atoms with Crippen molar-refractivity contribution >= 4 is 22.9 Å². The fourth-order valence-corrected chi connectivity index (χ4v) is 2.90. The van der Waals surface area contributed by atoms with Crippen LogP contribution < -0.4 is 16.2 Å². The van der Waals surface area contributed by atoms with Crippen LogP contribution in [0.2, 0.25) is 0 Å². The summed E-state index contributed by atoms with van der Waals surface area (Å²) >= 11 is 1.38. The average Bonchev–Trinajstić information content (AvgIpc) is 2.79. The first-order valence-electron chi connectivity index (χ1n) is 6.09. The summed E-state index contributed by atoms with van der Waals surface area (Å²) in [4.78, 5) is 14.9. The van der Waals surface area contributed by atoms with Crippen molar-refractivity contribution in [3.8, 4) is 0 Å². The quantitative estimate of drug-likeness (QED) is 0.517. The third-order valence-corrected chi connectivity index (χ3v) is 4.14. The van der Waals surface area contributed by atoms with E-state index in [-0.39, 0.29) is 11.7 Å². The Kier molecular flexibility index (Phi) is 4.36. The van der Waals surface area contributed by atoms with Crippen LogP contribution in [0.15, 0.2) is 30.3 Å². The molecular weight excluding hydrogens is 277 g/mol. The number of nitrogens with zero attached hydrogens (tertiary/aromatic N) is 1. The van der Waals surface area contributed by atoms with Gasteiger partial charge in [0.25, 0.3) is 5.91 Å². The Morgan fingerprint density at radius 2 is 2.15 bits per heavy atom. The largest absolute Gasteiger partial charge is 0.368 e. The van der Waals surface area contributed by atoms with Crippen molar-refractivity contribution < 1.29 is 9.18 Å². The lowest BCUT2D eigenvalue weighted by molar-refractivity contribution is 0.0957. The fourth-order valence-electron chi connectivity index (χ4n) is 1.96. The van der Waals surface area contributed by atoms with Crippen LogP contribution in [0, 0.1) is 12.7 Å².